The first-order valence-electron chi connectivity index (χ1n) is 7.37. The maximum absolute atomic E-state index is 11.9. The lowest BCUT2D eigenvalue weighted by atomic mass is 10.1. The maximum Gasteiger partial charge on any atom is 0.224 e. The molecule has 20 heavy (non-hydrogen) atoms. The van der Waals surface area contributed by atoms with E-state index in [1.807, 2.05) is 31.2 Å². The van der Waals surface area contributed by atoms with Gasteiger partial charge in [0.15, 0.2) is 0 Å². The molecule has 1 aliphatic heterocycles. The van der Waals surface area contributed by atoms with E-state index in [1.54, 1.807) is 0 Å². The Hall–Kier alpha value is -1.39. The number of hydrogen-bond acceptors (Lipinski definition) is 3. The summed E-state index contributed by atoms with van der Waals surface area (Å²) in [5.41, 5.74) is 2.30. The first kappa shape index (κ1) is 15.0. The summed E-state index contributed by atoms with van der Waals surface area (Å²) in [6, 6.07) is 8.06. The second-order valence-corrected chi connectivity index (χ2v) is 5.60. The van der Waals surface area contributed by atoms with Gasteiger partial charge in [-0.2, -0.15) is 0 Å². The number of nitrogens with one attached hydrogen (secondary N) is 1. The molecule has 1 aromatic rings. The number of nitrogens with zero attached hydrogens (tertiary/aromatic N) is 2. The predicted octanol–water partition coefficient (Wildman–Crippen LogP) is 0.901. The number of likely N-dealkylation sites (N-methyl/N-ethyl adjacent to an activating group) is 1. The van der Waals surface area contributed by atoms with Crippen LogP contribution in [0.4, 0.5) is 0 Å². The quantitative estimate of drug-likeness (QED) is 0.867. The number of carbonyl (C=O) groups excluding carboxylic acids is 1. The van der Waals surface area contributed by atoms with Crippen molar-refractivity contribution in [2.24, 2.45) is 0 Å². The van der Waals surface area contributed by atoms with Crippen LogP contribution in [0.1, 0.15) is 11.1 Å². The van der Waals surface area contributed by atoms with E-state index in [0.29, 0.717) is 6.42 Å². The Balaban J connectivity index is 1.67. The van der Waals surface area contributed by atoms with Gasteiger partial charge in [-0.3, -0.25) is 9.69 Å². The minimum absolute atomic E-state index is 0.119. The van der Waals surface area contributed by atoms with Gasteiger partial charge in [0.1, 0.15) is 0 Å². The Bertz CT molecular complexity index is 439. The summed E-state index contributed by atoms with van der Waals surface area (Å²) >= 11 is 0. The van der Waals surface area contributed by atoms with E-state index in [0.717, 1.165) is 44.8 Å². The number of rotatable bonds is 5. The van der Waals surface area contributed by atoms with Crippen LogP contribution < -0.4 is 5.32 Å². The molecular weight excluding hydrogens is 250 g/mol. The van der Waals surface area contributed by atoms with Crippen LogP contribution in [0, 0.1) is 6.92 Å². The summed E-state index contributed by atoms with van der Waals surface area (Å²) < 4.78 is 0. The summed E-state index contributed by atoms with van der Waals surface area (Å²) in [5, 5.41) is 3.02. The average Bonchev–Trinajstić information content (AvgIpc) is 2.44. The number of hydrogen-bond donors (Lipinski definition) is 1. The highest BCUT2D eigenvalue weighted by molar-refractivity contribution is 5.78. The van der Waals surface area contributed by atoms with Gasteiger partial charge < -0.3 is 10.2 Å². The zero-order chi connectivity index (χ0) is 14.4. The third-order valence-electron chi connectivity index (χ3n) is 3.96. The van der Waals surface area contributed by atoms with Crippen molar-refractivity contribution >= 4 is 5.91 Å². The summed E-state index contributed by atoms with van der Waals surface area (Å²) in [6.45, 7) is 8.19. The molecule has 0 spiro atoms. The average molecular weight is 275 g/mol. The van der Waals surface area contributed by atoms with Crippen molar-refractivity contribution in [3.63, 3.8) is 0 Å². The van der Waals surface area contributed by atoms with Crippen LogP contribution in [0.25, 0.3) is 0 Å². The van der Waals surface area contributed by atoms with Gasteiger partial charge in [-0.15, -0.1) is 0 Å². The summed E-state index contributed by atoms with van der Waals surface area (Å²) in [7, 11) is 2.15. The third-order valence-corrected chi connectivity index (χ3v) is 3.96. The van der Waals surface area contributed by atoms with Crippen molar-refractivity contribution < 1.29 is 4.79 Å². The van der Waals surface area contributed by atoms with Crippen LogP contribution in [0.2, 0.25) is 0 Å². The van der Waals surface area contributed by atoms with E-state index in [4.69, 9.17) is 0 Å². The second kappa shape index (κ2) is 7.41. The number of piperazine rings is 1. The number of aryl methyl sites for hydroxylation is 1. The van der Waals surface area contributed by atoms with Crippen molar-refractivity contribution in [1.82, 2.24) is 15.1 Å². The molecule has 0 aromatic heterocycles. The molecule has 0 radical (unpaired) electrons. The Morgan fingerprint density at radius 1 is 1.20 bits per heavy atom. The van der Waals surface area contributed by atoms with Crippen molar-refractivity contribution in [2.75, 3.05) is 46.3 Å². The van der Waals surface area contributed by atoms with Crippen molar-refractivity contribution in [3.05, 3.63) is 35.4 Å². The molecule has 1 amide bonds. The van der Waals surface area contributed by atoms with E-state index in [9.17, 15) is 4.79 Å². The molecular formula is C16H25N3O. The van der Waals surface area contributed by atoms with Crippen LogP contribution >= 0.6 is 0 Å². The van der Waals surface area contributed by atoms with Crippen LogP contribution in [0.5, 0.6) is 0 Å². The van der Waals surface area contributed by atoms with E-state index in [-0.39, 0.29) is 5.91 Å². The van der Waals surface area contributed by atoms with Gasteiger partial charge in [0.25, 0.3) is 0 Å². The van der Waals surface area contributed by atoms with Gasteiger partial charge in [-0.25, -0.2) is 0 Å². The van der Waals surface area contributed by atoms with E-state index in [1.165, 1.54) is 5.56 Å². The highest BCUT2D eigenvalue weighted by atomic mass is 16.1. The van der Waals surface area contributed by atoms with Crippen molar-refractivity contribution in [3.8, 4) is 0 Å². The molecule has 1 heterocycles. The molecule has 0 saturated carbocycles. The highest BCUT2D eigenvalue weighted by Crippen LogP contribution is 2.07. The monoisotopic (exact) mass is 275 g/mol. The Labute approximate surface area is 121 Å². The standard InChI is InChI=1S/C16H25N3O/c1-14-5-3-4-6-15(14)13-16(20)17-7-8-19-11-9-18(2)10-12-19/h3-6H,7-13H2,1-2H3,(H,17,20). The molecule has 0 atom stereocenters. The Morgan fingerprint density at radius 3 is 2.60 bits per heavy atom. The number of amides is 1. The molecule has 1 aliphatic rings. The van der Waals surface area contributed by atoms with E-state index in [2.05, 4.69) is 22.2 Å². The minimum atomic E-state index is 0.119. The van der Waals surface area contributed by atoms with Crippen LogP contribution in [0.15, 0.2) is 24.3 Å². The molecule has 1 fully saturated rings. The van der Waals surface area contributed by atoms with Crippen molar-refractivity contribution in [1.29, 1.82) is 0 Å². The van der Waals surface area contributed by atoms with E-state index < -0.39 is 0 Å². The second-order valence-electron chi connectivity index (χ2n) is 5.60. The lowest BCUT2D eigenvalue weighted by molar-refractivity contribution is -0.120. The van der Waals surface area contributed by atoms with Gasteiger partial charge in [0.2, 0.25) is 5.91 Å². The summed E-state index contributed by atoms with van der Waals surface area (Å²) in [5.74, 6) is 0.119. The normalized spacial score (nSPS) is 17.1. The Morgan fingerprint density at radius 2 is 1.90 bits per heavy atom. The topological polar surface area (TPSA) is 35.6 Å². The molecule has 4 heteroatoms. The van der Waals surface area contributed by atoms with Gasteiger partial charge in [0, 0.05) is 39.3 Å². The summed E-state index contributed by atoms with van der Waals surface area (Å²) in [4.78, 5) is 16.7. The Kier molecular flexibility index (Phi) is 5.56. The van der Waals surface area contributed by atoms with Crippen LogP contribution in [-0.2, 0) is 11.2 Å². The van der Waals surface area contributed by atoms with Crippen molar-refractivity contribution in [2.45, 2.75) is 13.3 Å². The van der Waals surface area contributed by atoms with Gasteiger partial charge in [-0.1, -0.05) is 24.3 Å². The van der Waals surface area contributed by atoms with Gasteiger partial charge in [0.05, 0.1) is 6.42 Å². The maximum atomic E-state index is 11.9. The number of benzene rings is 1. The molecule has 1 saturated heterocycles. The highest BCUT2D eigenvalue weighted by Gasteiger charge is 2.13. The predicted molar refractivity (Wildman–Crippen MR) is 81.8 cm³/mol. The molecule has 1 aromatic carbocycles. The fourth-order valence-electron chi connectivity index (χ4n) is 2.47. The molecule has 0 aliphatic carbocycles. The third kappa shape index (κ3) is 4.62. The van der Waals surface area contributed by atoms with Crippen LogP contribution in [0.3, 0.4) is 0 Å². The molecule has 2 rings (SSSR count). The molecule has 0 unspecified atom stereocenters. The largest absolute Gasteiger partial charge is 0.355 e. The zero-order valence-electron chi connectivity index (χ0n) is 12.6. The van der Waals surface area contributed by atoms with Crippen LogP contribution in [-0.4, -0.2) is 62.0 Å². The van der Waals surface area contributed by atoms with Gasteiger partial charge in [-0.05, 0) is 25.1 Å². The summed E-state index contributed by atoms with van der Waals surface area (Å²) in [6.07, 6.45) is 0.482. The lowest BCUT2D eigenvalue weighted by Crippen LogP contribution is -2.47. The first-order valence-corrected chi connectivity index (χ1v) is 7.37. The molecule has 4 nitrogen and oxygen atoms in total. The molecule has 110 valence electrons. The van der Waals surface area contributed by atoms with Gasteiger partial charge >= 0.3 is 0 Å². The molecule has 0 bridgehead atoms. The minimum Gasteiger partial charge on any atom is -0.355 e. The number of carbonyl (C=O) groups is 1. The smallest absolute Gasteiger partial charge is 0.224 e. The molecule has 1 N–H and O–H groups in total. The fourth-order valence-corrected chi connectivity index (χ4v) is 2.47. The fraction of sp³-hybridized carbons (Fsp3) is 0.562. The van der Waals surface area contributed by atoms with E-state index >= 15 is 0 Å². The lowest BCUT2D eigenvalue weighted by Gasteiger charge is -2.32. The first-order chi connectivity index (χ1) is 9.65. The SMILES string of the molecule is Cc1ccccc1CC(=O)NCCN1CCN(C)CC1. The zero-order valence-corrected chi connectivity index (χ0v) is 12.6.